The molecular weight excluding hydrogens is 400 g/mol. The van der Waals surface area contributed by atoms with Gasteiger partial charge in [-0.25, -0.2) is 4.31 Å². The van der Waals surface area contributed by atoms with Gasteiger partial charge in [0.1, 0.15) is 11.5 Å². The van der Waals surface area contributed by atoms with Crippen molar-refractivity contribution in [1.82, 2.24) is 14.5 Å². The number of methoxy groups -OCH3 is 1. The minimum Gasteiger partial charge on any atom is -0.507 e. The monoisotopic (exact) mass is 432 g/mol. The number of aliphatic hydroxyl groups is 1. The van der Waals surface area contributed by atoms with Gasteiger partial charge in [-0.1, -0.05) is 12.1 Å². The van der Waals surface area contributed by atoms with Gasteiger partial charge in [-0.3, -0.25) is 4.79 Å². The van der Waals surface area contributed by atoms with Crippen molar-refractivity contribution in [1.29, 1.82) is 5.41 Å². The Morgan fingerprint density at radius 2 is 2.10 bits per heavy atom. The number of nitrogens with one attached hydrogen (secondary N) is 2. The molecule has 1 atom stereocenters. The Hall–Kier alpha value is -2.45. The molecular formula is C22H32N4O3S. The number of carbonyl (C=O) groups is 1. The van der Waals surface area contributed by atoms with Crippen LogP contribution in [0, 0.1) is 11.3 Å². The average Bonchev–Trinajstić information content (AvgIpc) is 2.74. The molecule has 1 aromatic carbocycles. The van der Waals surface area contributed by atoms with E-state index >= 15 is 0 Å². The van der Waals surface area contributed by atoms with Crippen LogP contribution in [0.15, 0.2) is 47.2 Å². The Balaban J connectivity index is 1.95. The molecule has 0 saturated carbocycles. The lowest BCUT2D eigenvalue weighted by Crippen LogP contribution is -2.40. The Bertz CT molecular complexity index is 790. The van der Waals surface area contributed by atoms with Gasteiger partial charge in [0.25, 0.3) is 0 Å². The number of hydrogen-bond donors (Lipinski definition) is 3. The molecule has 30 heavy (non-hydrogen) atoms. The van der Waals surface area contributed by atoms with Gasteiger partial charge in [-0.15, -0.1) is 0 Å². The summed E-state index contributed by atoms with van der Waals surface area (Å²) in [5, 5.41) is 21.4. The summed E-state index contributed by atoms with van der Waals surface area (Å²) < 4.78 is 7.22. The first-order valence-electron chi connectivity index (χ1n) is 9.97. The van der Waals surface area contributed by atoms with E-state index in [2.05, 4.69) is 9.62 Å². The van der Waals surface area contributed by atoms with Crippen molar-refractivity contribution >= 4 is 23.6 Å². The minimum absolute atomic E-state index is 0.0324. The zero-order chi connectivity index (χ0) is 22.1. The summed E-state index contributed by atoms with van der Waals surface area (Å²) in [4.78, 5) is 15.0. The molecule has 1 aliphatic rings. The maximum Gasteiger partial charge on any atom is 0.224 e. The highest BCUT2D eigenvalue weighted by Crippen LogP contribution is 2.30. The standard InChI is InChI=1S/C22H32N4O3S/c1-16(23)21(20(27)11-13-25(2)3)30-26-12-5-6-18(15-26)22(28)24-14-17-7-9-19(29-4)10-8-17/h7-11,13,18,23,27H,5-6,12,14-15H2,1-4H3,(H,24,28)/b13-11+,21-20+,23-16?. The Labute approximate surface area is 183 Å². The molecule has 1 heterocycles. The number of carbonyl (C=O) groups excluding carboxylic acids is 1. The Morgan fingerprint density at radius 1 is 1.40 bits per heavy atom. The molecule has 8 heteroatoms. The predicted molar refractivity (Wildman–Crippen MR) is 123 cm³/mol. The van der Waals surface area contributed by atoms with Crippen molar-refractivity contribution in [2.24, 2.45) is 5.92 Å². The van der Waals surface area contributed by atoms with Crippen LogP contribution in [0.1, 0.15) is 25.3 Å². The van der Waals surface area contributed by atoms with Gasteiger partial charge in [-0.2, -0.15) is 0 Å². The normalized spacial score (nSPS) is 18.1. The van der Waals surface area contributed by atoms with E-state index in [9.17, 15) is 9.90 Å². The van der Waals surface area contributed by atoms with Crippen LogP contribution >= 0.6 is 11.9 Å². The number of aliphatic hydroxyl groups excluding tert-OH is 1. The van der Waals surface area contributed by atoms with E-state index in [0.29, 0.717) is 23.7 Å². The largest absolute Gasteiger partial charge is 0.507 e. The van der Waals surface area contributed by atoms with Gasteiger partial charge in [0.05, 0.1) is 17.9 Å². The molecule has 1 amide bonds. The van der Waals surface area contributed by atoms with Crippen molar-refractivity contribution in [3.63, 3.8) is 0 Å². The van der Waals surface area contributed by atoms with Crippen LogP contribution in [-0.4, -0.2) is 60.2 Å². The molecule has 164 valence electrons. The molecule has 0 aromatic heterocycles. The maximum atomic E-state index is 12.7. The molecule has 2 rings (SSSR count). The van der Waals surface area contributed by atoms with E-state index in [4.69, 9.17) is 10.1 Å². The first-order chi connectivity index (χ1) is 14.3. The average molecular weight is 433 g/mol. The van der Waals surface area contributed by atoms with Crippen molar-refractivity contribution in [2.75, 3.05) is 34.3 Å². The second-order valence-electron chi connectivity index (χ2n) is 7.50. The third kappa shape index (κ3) is 7.42. The Kier molecular flexibility index (Phi) is 9.26. The van der Waals surface area contributed by atoms with E-state index < -0.39 is 0 Å². The SMILES string of the molecule is COc1ccc(CNC(=O)C2CCCN(S/C(C(C)=N)=C(O)\C=C\N(C)C)C2)cc1. The van der Waals surface area contributed by atoms with Crippen LogP contribution in [0.2, 0.25) is 0 Å². The molecule has 0 aliphatic carbocycles. The van der Waals surface area contributed by atoms with Crippen LogP contribution in [0.3, 0.4) is 0 Å². The van der Waals surface area contributed by atoms with Crippen LogP contribution in [-0.2, 0) is 11.3 Å². The number of benzene rings is 1. The summed E-state index contributed by atoms with van der Waals surface area (Å²) in [6.07, 6.45) is 5.06. The van der Waals surface area contributed by atoms with Crippen molar-refractivity contribution in [3.05, 3.63) is 52.8 Å². The van der Waals surface area contributed by atoms with Gasteiger partial charge in [0.15, 0.2) is 0 Å². The molecule has 0 spiro atoms. The van der Waals surface area contributed by atoms with Crippen LogP contribution in [0.4, 0.5) is 0 Å². The summed E-state index contributed by atoms with van der Waals surface area (Å²) in [6, 6.07) is 7.64. The van der Waals surface area contributed by atoms with Crippen molar-refractivity contribution in [3.8, 4) is 5.75 Å². The molecule has 3 N–H and O–H groups in total. The van der Waals surface area contributed by atoms with Gasteiger partial charge >= 0.3 is 0 Å². The lowest BCUT2D eigenvalue weighted by atomic mass is 9.99. The molecule has 0 radical (unpaired) electrons. The van der Waals surface area contributed by atoms with Gasteiger partial charge in [-0.05, 0) is 55.5 Å². The summed E-state index contributed by atoms with van der Waals surface area (Å²) in [6.45, 7) is 3.54. The summed E-state index contributed by atoms with van der Waals surface area (Å²) in [7, 11) is 5.36. The topological polar surface area (TPSA) is 88.9 Å². The van der Waals surface area contributed by atoms with Gasteiger partial charge in [0, 0.05) is 45.6 Å². The second-order valence-corrected chi connectivity index (χ2v) is 8.61. The van der Waals surface area contributed by atoms with E-state index in [1.807, 2.05) is 43.3 Å². The summed E-state index contributed by atoms with van der Waals surface area (Å²) in [5.74, 6) is 0.771. The first kappa shape index (κ1) is 23.8. The zero-order valence-electron chi connectivity index (χ0n) is 18.1. The van der Waals surface area contributed by atoms with Crippen LogP contribution in [0.25, 0.3) is 0 Å². The van der Waals surface area contributed by atoms with E-state index in [1.54, 1.807) is 26.3 Å². The maximum absolute atomic E-state index is 12.7. The molecule has 7 nitrogen and oxygen atoms in total. The molecule has 1 aliphatic heterocycles. The summed E-state index contributed by atoms with van der Waals surface area (Å²) >= 11 is 1.35. The number of allylic oxidation sites excluding steroid dienone is 2. The second kappa shape index (κ2) is 11.7. The minimum atomic E-state index is -0.115. The van der Waals surface area contributed by atoms with Crippen molar-refractivity contribution in [2.45, 2.75) is 26.3 Å². The van der Waals surface area contributed by atoms with Gasteiger partial charge in [0.2, 0.25) is 5.91 Å². The van der Waals surface area contributed by atoms with E-state index in [1.165, 1.54) is 11.9 Å². The van der Waals surface area contributed by atoms with Crippen molar-refractivity contribution < 1.29 is 14.6 Å². The highest BCUT2D eigenvalue weighted by Gasteiger charge is 2.27. The lowest BCUT2D eigenvalue weighted by Gasteiger charge is -2.31. The van der Waals surface area contributed by atoms with Crippen LogP contribution < -0.4 is 10.1 Å². The lowest BCUT2D eigenvalue weighted by molar-refractivity contribution is -0.126. The number of rotatable bonds is 9. The molecule has 0 bridgehead atoms. The highest BCUT2D eigenvalue weighted by atomic mass is 32.2. The Morgan fingerprint density at radius 3 is 2.70 bits per heavy atom. The molecule has 1 fully saturated rings. The first-order valence-corrected chi connectivity index (χ1v) is 10.7. The van der Waals surface area contributed by atoms with Crippen LogP contribution in [0.5, 0.6) is 5.75 Å². The number of hydrogen-bond acceptors (Lipinski definition) is 7. The fourth-order valence-corrected chi connectivity index (χ4v) is 4.08. The van der Waals surface area contributed by atoms with E-state index in [0.717, 1.165) is 30.7 Å². The number of nitrogens with zero attached hydrogens (tertiary/aromatic N) is 2. The molecule has 1 aromatic rings. The number of ether oxygens (including phenoxy) is 1. The highest BCUT2D eigenvalue weighted by molar-refractivity contribution is 8.01. The smallest absolute Gasteiger partial charge is 0.224 e. The summed E-state index contributed by atoms with van der Waals surface area (Å²) in [5.41, 5.74) is 1.32. The fraction of sp³-hybridized carbons (Fsp3) is 0.455. The molecule has 1 unspecified atom stereocenters. The predicted octanol–water partition coefficient (Wildman–Crippen LogP) is 3.56. The fourth-order valence-electron chi connectivity index (χ4n) is 3.05. The van der Waals surface area contributed by atoms with Gasteiger partial charge < -0.3 is 25.5 Å². The zero-order valence-corrected chi connectivity index (χ0v) is 19.0. The quantitative estimate of drug-likeness (QED) is 0.239. The number of piperidine rings is 1. The van der Waals surface area contributed by atoms with E-state index in [-0.39, 0.29) is 17.6 Å². The molecule has 1 saturated heterocycles. The number of amides is 1. The third-order valence-electron chi connectivity index (χ3n) is 4.70. The third-order valence-corrected chi connectivity index (χ3v) is 5.99.